The van der Waals surface area contributed by atoms with Crippen LogP contribution >= 0.6 is 0 Å². The van der Waals surface area contributed by atoms with Gasteiger partial charge in [-0.3, -0.25) is 19.6 Å². The van der Waals surface area contributed by atoms with Gasteiger partial charge in [0.2, 0.25) is 17.7 Å². The summed E-state index contributed by atoms with van der Waals surface area (Å²) in [7, 11) is 2.00. The summed E-state index contributed by atoms with van der Waals surface area (Å²) in [5.41, 5.74) is 5.27. The molecule has 0 radical (unpaired) electrons. The molecule has 38 heavy (non-hydrogen) atoms. The average Bonchev–Trinajstić information content (AvgIpc) is 3.21. The van der Waals surface area contributed by atoms with E-state index in [9.17, 15) is 14.4 Å². The fourth-order valence-corrected chi connectivity index (χ4v) is 4.93. The summed E-state index contributed by atoms with van der Waals surface area (Å²) in [4.78, 5) is 38.9. The number of benzene rings is 3. The molecule has 1 unspecified atom stereocenters. The van der Waals surface area contributed by atoms with Crippen LogP contribution in [-0.2, 0) is 28.0 Å². The van der Waals surface area contributed by atoms with Gasteiger partial charge in [-0.1, -0.05) is 68.4 Å². The Hall–Kier alpha value is -4.17. The molecule has 4 rings (SSSR count). The van der Waals surface area contributed by atoms with Crippen LogP contribution in [-0.4, -0.2) is 27.5 Å². The van der Waals surface area contributed by atoms with Gasteiger partial charge in [0.25, 0.3) is 0 Å². The minimum absolute atomic E-state index is 0.134. The fourth-order valence-electron chi connectivity index (χ4n) is 4.93. The van der Waals surface area contributed by atoms with Crippen molar-refractivity contribution in [3.05, 3.63) is 83.9 Å². The van der Waals surface area contributed by atoms with Crippen molar-refractivity contribution < 1.29 is 19.6 Å². The predicted molar refractivity (Wildman–Crippen MR) is 147 cm³/mol. The van der Waals surface area contributed by atoms with Crippen molar-refractivity contribution >= 4 is 39.5 Å². The summed E-state index contributed by atoms with van der Waals surface area (Å²) < 4.78 is 2.10. The molecule has 1 heterocycles. The molecule has 0 bridgehead atoms. The molecule has 0 saturated carbocycles. The smallest absolute Gasteiger partial charge is 0.247 e. The SMILES string of the molecule is CC(C)C[C@H](CC(=O)NO)C(=O)NC(C(=O)NCc1ccccc1)c1ccc2c(c1)c1ccccc1n2C. The highest BCUT2D eigenvalue weighted by molar-refractivity contribution is 6.08. The molecule has 4 N–H and O–H groups in total. The van der Waals surface area contributed by atoms with E-state index in [1.165, 1.54) is 0 Å². The minimum Gasteiger partial charge on any atom is -0.350 e. The molecule has 8 heteroatoms. The minimum atomic E-state index is -0.971. The molecule has 0 aliphatic rings. The first kappa shape index (κ1) is 26.9. The third-order valence-electron chi connectivity index (χ3n) is 6.81. The van der Waals surface area contributed by atoms with E-state index < -0.39 is 23.8 Å². The first-order valence-electron chi connectivity index (χ1n) is 12.8. The number of para-hydroxylation sites is 1. The zero-order valence-corrected chi connectivity index (χ0v) is 21.9. The van der Waals surface area contributed by atoms with Gasteiger partial charge in [0, 0.05) is 47.7 Å². The summed E-state index contributed by atoms with van der Waals surface area (Å²) >= 11 is 0. The Bertz CT molecular complexity index is 1440. The van der Waals surface area contributed by atoms with Crippen molar-refractivity contribution in [2.45, 2.75) is 39.3 Å². The summed E-state index contributed by atoms with van der Waals surface area (Å²) in [5, 5.41) is 16.9. The molecule has 3 amide bonds. The lowest BCUT2D eigenvalue weighted by Crippen LogP contribution is -2.43. The molecule has 2 atom stereocenters. The Morgan fingerprint density at radius 3 is 2.26 bits per heavy atom. The van der Waals surface area contributed by atoms with Gasteiger partial charge in [-0.15, -0.1) is 0 Å². The molecule has 3 aromatic carbocycles. The van der Waals surface area contributed by atoms with E-state index >= 15 is 0 Å². The summed E-state index contributed by atoms with van der Waals surface area (Å²) in [6.07, 6.45) is 0.251. The van der Waals surface area contributed by atoms with Crippen molar-refractivity contribution in [3.63, 3.8) is 0 Å². The largest absolute Gasteiger partial charge is 0.350 e. The van der Waals surface area contributed by atoms with E-state index in [4.69, 9.17) is 5.21 Å². The topological polar surface area (TPSA) is 112 Å². The summed E-state index contributed by atoms with van der Waals surface area (Å²) in [5.74, 6) is -1.98. The third-order valence-corrected chi connectivity index (χ3v) is 6.81. The standard InChI is InChI=1S/C30H34N4O4/c1-19(2)15-22(17-27(35)33-38)29(36)32-28(30(37)31-18-20-9-5-4-6-10-20)21-13-14-26-24(16-21)23-11-7-8-12-25(23)34(26)3/h4-14,16,19,22,28,38H,15,17-18H2,1-3H3,(H,31,37)(H,32,36)(H,33,35)/t22-,28?/m1/s1. The number of aromatic nitrogens is 1. The van der Waals surface area contributed by atoms with Crippen molar-refractivity contribution in [1.29, 1.82) is 0 Å². The highest BCUT2D eigenvalue weighted by Gasteiger charge is 2.29. The number of hydrogen-bond acceptors (Lipinski definition) is 4. The third kappa shape index (κ3) is 6.03. The molecule has 0 spiro atoms. The van der Waals surface area contributed by atoms with Crippen molar-refractivity contribution in [2.24, 2.45) is 18.9 Å². The van der Waals surface area contributed by atoms with Gasteiger partial charge < -0.3 is 15.2 Å². The highest BCUT2D eigenvalue weighted by atomic mass is 16.5. The zero-order chi connectivity index (χ0) is 27.2. The average molecular weight is 515 g/mol. The van der Waals surface area contributed by atoms with Crippen LogP contribution in [0.4, 0.5) is 0 Å². The maximum atomic E-state index is 13.5. The first-order chi connectivity index (χ1) is 18.3. The Labute approximate surface area is 222 Å². The van der Waals surface area contributed by atoms with E-state index in [0.29, 0.717) is 18.5 Å². The number of carbonyl (C=O) groups is 3. The number of rotatable bonds is 10. The molecular formula is C30H34N4O4. The number of aryl methyl sites for hydroxylation is 1. The van der Waals surface area contributed by atoms with Crippen LogP contribution in [0.25, 0.3) is 21.8 Å². The van der Waals surface area contributed by atoms with Crippen LogP contribution in [0.1, 0.15) is 43.9 Å². The molecular weight excluding hydrogens is 480 g/mol. The first-order valence-corrected chi connectivity index (χ1v) is 12.8. The van der Waals surface area contributed by atoms with Gasteiger partial charge in [0.05, 0.1) is 0 Å². The second-order valence-electron chi connectivity index (χ2n) is 10.1. The fraction of sp³-hybridized carbons (Fsp3) is 0.300. The van der Waals surface area contributed by atoms with E-state index in [1.807, 2.05) is 93.7 Å². The van der Waals surface area contributed by atoms with E-state index in [0.717, 1.165) is 27.4 Å². The van der Waals surface area contributed by atoms with Crippen LogP contribution in [0.15, 0.2) is 72.8 Å². The molecule has 0 fully saturated rings. The predicted octanol–water partition coefficient (Wildman–Crippen LogP) is 4.36. The quantitative estimate of drug-likeness (QED) is 0.186. The van der Waals surface area contributed by atoms with Crippen LogP contribution in [0.5, 0.6) is 0 Å². The lowest BCUT2D eigenvalue weighted by Gasteiger charge is -2.23. The Morgan fingerprint density at radius 1 is 0.868 bits per heavy atom. The molecule has 0 saturated heterocycles. The van der Waals surface area contributed by atoms with Gasteiger partial charge >= 0.3 is 0 Å². The maximum absolute atomic E-state index is 13.5. The molecule has 8 nitrogen and oxygen atoms in total. The number of fused-ring (bicyclic) bond motifs is 3. The Kier molecular flexibility index (Phi) is 8.43. The highest BCUT2D eigenvalue weighted by Crippen LogP contribution is 2.30. The number of carbonyl (C=O) groups excluding carboxylic acids is 3. The molecule has 1 aromatic heterocycles. The van der Waals surface area contributed by atoms with Crippen molar-refractivity contribution in [1.82, 2.24) is 20.7 Å². The molecule has 4 aromatic rings. The Morgan fingerprint density at radius 2 is 1.55 bits per heavy atom. The van der Waals surface area contributed by atoms with Crippen molar-refractivity contribution in [3.8, 4) is 0 Å². The lowest BCUT2D eigenvalue weighted by molar-refractivity contribution is -0.136. The number of hydroxylamine groups is 1. The normalized spacial score (nSPS) is 12.9. The van der Waals surface area contributed by atoms with Gasteiger partial charge in [-0.05, 0) is 41.7 Å². The number of nitrogens with one attached hydrogen (secondary N) is 3. The van der Waals surface area contributed by atoms with Gasteiger partial charge in [-0.25, -0.2) is 5.48 Å². The van der Waals surface area contributed by atoms with Gasteiger partial charge in [0.1, 0.15) is 6.04 Å². The number of nitrogens with zero attached hydrogens (tertiary/aromatic N) is 1. The second kappa shape index (κ2) is 11.9. The number of hydrogen-bond donors (Lipinski definition) is 4. The number of amides is 3. The zero-order valence-electron chi connectivity index (χ0n) is 21.9. The van der Waals surface area contributed by atoms with Gasteiger partial charge in [-0.2, -0.15) is 0 Å². The van der Waals surface area contributed by atoms with Crippen molar-refractivity contribution in [2.75, 3.05) is 0 Å². The summed E-state index contributed by atoms with van der Waals surface area (Å²) in [6.45, 7) is 4.22. The van der Waals surface area contributed by atoms with Crippen LogP contribution in [0.2, 0.25) is 0 Å². The van der Waals surface area contributed by atoms with Gasteiger partial charge in [0.15, 0.2) is 0 Å². The lowest BCUT2D eigenvalue weighted by atomic mass is 9.92. The van der Waals surface area contributed by atoms with Crippen LogP contribution < -0.4 is 16.1 Å². The molecule has 0 aliphatic heterocycles. The second-order valence-corrected chi connectivity index (χ2v) is 10.1. The molecule has 198 valence electrons. The van der Waals surface area contributed by atoms with E-state index in [1.54, 1.807) is 5.48 Å². The van der Waals surface area contributed by atoms with Crippen LogP contribution in [0, 0.1) is 11.8 Å². The Balaban J connectivity index is 1.69. The van der Waals surface area contributed by atoms with E-state index in [-0.39, 0.29) is 18.2 Å². The molecule has 0 aliphatic carbocycles. The maximum Gasteiger partial charge on any atom is 0.247 e. The van der Waals surface area contributed by atoms with Crippen LogP contribution in [0.3, 0.4) is 0 Å². The summed E-state index contributed by atoms with van der Waals surface area (Å²) in [6, 6.07) is 22.4. The van der Waals surface area contributed by atoms with E-state index in [2.05, 4.69) is 15.2 Å². The monoisotopic (exact) mass is 514 g/mol.